The Balaban J connectivity index is 1.70. The molecule has 0 bridgehead atoms. The SMILES string of the molecule is Cc1cc(-c2nc3cnc(Oc4ccc(F)cc4F)nc3o2)cc(C)c1O. The van der Waals surface area contributed by atoms with Crippen molar-refractivity contribution >= 4 is 11.2 Å². The number of fused-ring (bicyclic) bond motifs is 1. The van der Waals surface area contributed by atoms with Crippen LogP contribution < -0.4 is 4.74 Å². The fourth-order valence-corrected chi connectivity index (χ4v) is 2.63. The van der Waals surface area contributed by atoms with E-state index in [-0.39, 0.29) is 23.2 Å². The van der Waals surface area contributed by atoms with Crippen molar-refractivity contribution in [1.82, 2.24) is 15.0 Å². The van der Waals surface area contributed by atoms with Crippen molar-refractivity contribution in [2.45, 2.75) is 13.8 Å². The molecule has 136 valence electrons. The van der Waals surface area contributed by atoms with Gasteiger partial charge in [0.15, 0.2) is 11.6 Å². The van der Waals surface area contributed by atoms with E-state index in [1.807, 2.05) is 0 Å². The zero-order chi connectivity index (χ0) is 19.1. The van der Waals surface area contributed by atoms with Crippen molar-refractivity contribution in [3.05, 3.63) is 59.3 Å². The van der Waals surface area contributed by atoms with Gasteiger partial charge in [0, 0.05) is 11.6 Å². The minimum atomic E-state index is -0.869. The quantitative estimate of drug-likeness (QED) is 0.565. The van der Waals surface area contributed by atoms with E-state index < -0.39 is 11.6 Å². The number of aromatic hydroxyl groups is 1. The van der Waals surface area contributed by atoms with Gasteiger partial charge in [0.25, 0.3) is 5.71 Å². The Kier molecular flexibility index (Phi) is 3.95. The molecule has 6 nitrogen and oxygen atoms in total. The van der Waals surface area contributed by atoms with Gasteiger partial charge >= 0.3 is 6.01 Å². The van der Waals surface area contributed by atoms with E-state index in [0.29, 0.717) is 34.2 Å². The fourth-order valence-electron chi connectivity index (χ4n) is 2.63. The lowest BCUT2D eigenvalue weighted by Gasteiger charge is -2.04. The van der Waals surface area contributed by atoms with Crippen LogP contribution in [0.3, 0.4) is 0 Å². The summed E-state index contributed by atoms with van der Waals surface area (Å²) in [6.45, 7) is 3.55. The number of halogens is 2. The number of aryl methyl sites for hydroxylation is 2. The van der Waals surface area contributed by atoms with E-state index in [4.69, 9.17) is 9.15 Å². The molecule has 2 aromatic heterocycles. The maximum Gasteiger partial charge on any atom is 0.325 e. The first-order chi connectivity index (χ1) is 12.9. The third kappa shape index (κ3) is 3.17. The van der Waals surface area contributed by atoms with Crippen LogP contribution in [0.15, 0.2) is 40.9 Å². The lowest BCUT2D eigenvalue weighted by Crippen LogP contribution is -1.94. The Morgan fingerprint density at radius 1 is 1.04 bits per heavy atom. The minimum Gasteiger partial charge on any atom is -0.507 e. The van der Waals surface area contributed by atoms with Gasteiger partial charge in [-0.05, 0) is 49.2 Å². The molecule has 0 saturated heterocycles. The van der Waals surface area contributed by atoms with Crippen LogP contribution in [0.4, 0.5) is 8.78 Å². The molecule has 8 heteroatoms. The maximum atomic E-state index is 13.7. The van der Waals surface area contributed by atoms with Gasteiger partial charge < -0.3 is 14.3 Å². The summed E-state index contributed by atoms with van der Waals surface area (Å²) in [5, 5.41) is 9.89. The topological polar surface area (TPSA) is 81.3 Å². The van der Waals surface area contributed by atoms with E-state index in [1.54, 1.807) is 26.0 Å². The molecule has 0 aliphatic heterocycles. The molecule has 0 fully saturated rings. The number of aromatic nitrogens is 3. The molecule has 2 heterocycles. The van der Waals surface area contributed by atoms with Crippen molar-refractivity contribution < 1.29 is 23.0 Å². The van der Waals surface area contributed by atoms with Crippen LogP contribution in [0.5, 0.6) is 17.5 Å². The lowest BCUT2D eigenvalue weighted by atomic mass is 10.1. The predicted molar refractivity (Wildman–Crippen MR) is 92.6 cm³/mol. The molecule has 0 atom stereocenters. The van der Waals surface area contributed by atoms with Crippen LogP contribution >= 0.6 is 0 Å². The molecule has 0 aliphatic carbocycles. The van der Waals surface area contributed by atoms with E-state index in [9.17, 15) is 13.9 Å². The number of nitrogens with zero attached hydrogens (tertiary/aromatic N) is 3. The first-order valence-electron chi connectivity index (χ1n) is 7.98. The zero-order valence-corrected chi connectivity index (χ0v) is 14.3. The smallest absolute Gasteiger partial charge is 0.325 e. The van der Waals surface area contributed by atoms with Gasteiger partial charge in [-0.3, -0.25) is 0 Å². The summed E-state index contributed by atoms with van der Waals surface area (Å²) in [5.74, 6) is -1.27. The second-order valence-electron chi connectivity index (χ2n) is 6.00. The van der Waals surface area contributed by atoms with Gasteiger partial charge in [-0.15, -0.1) is 0 Å². The number of hydrogen-bond donors (Lipinski definition) is 1. The summed E-state index contributed by atoms with van der Waals surface area (Å²) in [5.41, 5.74) is 2.59. The Morgan fingerprint density at radius 2 is 1.78 bits per heavy atom. The van der Waals surface area contributed by atoms with Crippen molar-refractivity contribution in [2.24, 2.45) is 0 Å². The number of rotatable bonds is 3. The molecule has 0 aliphatic rings. The van der Waals surface area contributed by atoms with Gasteiger partial charge in [0.1, 0.15) is 17.1 Å². The molecular weight excluding hydrogens is 356 g/mol. The Labute approximate surface area is 152 Å². The fraction of sp³-hybridized carbons (Fsp3) is 0.105. The molecule has 4 rings (SSSR count). The van der Waals surface area contributed by atoms with Crippen LogP contribution in [0.2, 0.25) is 0 Å². The molecular formula is C19H13F2N3O3. The predicted octanol–water partition coefficient (Wildman–Crippen LogP) is 4.68. The van der Waals surface area contributed by atoms with Crippen LogP contribution in [0.25, 0.3) is 22.7 Å². The lowest BCUT2D eigenvalue weighted by molar-refractivity contribution is 0.407. The summed E-state index contributed by atoms with van der Waals surface area (Å²) in [7, 11) is 0. The number of phenols is 1. The zero-order valence-electron chi connectivity index (χ0n) is 14.3. The van der Waals surface area contributed by atoms with Gasteiger partial charge in [-0.25, -0.2) is 18.7 Å². The number of oxazole rings is 1. The molecule has 1 N–H and O–H groups in total. The summed E-state index contributed by atoms with van der Waals surface area (Å²) < 4.78 is 37.6. The third-order valence-electron chi connectivity index (χ3n) is 3.96. The first-order valence-corrected chi connectivity index (χ1v) is 7.98. The Morgan fingerprint density at radius 3 is 2.48 bits per heavy atom. The van der Waals surface area contributed by atoms with E-state index in [2.05, 4.69) is 15.0 Å². The van der Waals surface area contributed by atoms with Crippen LogP contribution in [0.1, 0.15) is 11.1 Å². The summed E-state index contributed by atoms with van der Waals surface area (Å²) in [6.07, 6.45) is 1.38. The average Bonchev–Trinajstić information content (AvgIpc) is 3.05. The average molecular weight is 369 g/mol. The molecule has 2 aromatic carbocycles. The van der Waals surface area contributed by atoms with E-state index >= 15 is 0 Å². The first kappa shape index (κ1) is 16.9. The third-order valence-corrected chi connectivity index (χ3v) is 3.96. The molecule has 0 saturated carbocycles. The summed E-state index contributed by atoms with van der Waals surface area (Å²) in [6, 6.07) is 6.24. The molecule has 27 heavy (non-hydrogen) atoms. The highest BCUT2D eigenvalue weighted by molar-refractivity contribution is 5.72. The van der Waals surface area contributed by atoms with Crippen molar-refractivity contribution in [1.29, 1.82) is 0 Å². The van der Waals surface area contributed by atoms with E-state index in [1.165, 1.54) is 6.20 Å². The van der Waals surface area contributed by atoms with Gasteiger partial charge in [0.05, 0.1) is 6.20 Å². The second-order valence-corrected chi connectivity index (χ2v) is 6.00. The largest absolute Gasteiger partial charge is 0.507 e. The number of ether oxygens (including phenoxy) is 1. The number of benzene rings is 2. The minimum absolute atomic E-state index is 0.154. The summed E-state index contributed by atoms with van der Waals surface area (Å²) >= 11 is 0. The van der Waals surface area contributed by atoms with Crippen LogP contribution in [-0.4, -0.2) is 20.1 Å². The van der Waals surface area contributed by atoms with Gasteiger partial charge in [-0.2, -0.15) is 4.98 Å². The van der Waals surface area contributed by atoms with Crippen LogP contribution in [-0.2, 0) is 0 Å². The summed E-state index contributed by atoms with van der Waals surface area (Å²) in [4.78, 5) is 12.4. The standard InChI is InChI=1S/C19H13F2N3O3/c1-9-5-11(6-10(2)16(9)25)17-23-14-8-22-19(24-18(14)27-17)26-15-4-3-12(20)7-13(15)21/h3-8,25H,1-2H3. The highest BCUT2D eigenvalue weighted by atomic mass is 19.1. The molecule has 0 unspecified atom stereocenters. The molecule has 4 aromatic rings. The molecule has 0 amide bonds. The highest BCUT2D eigenvalue weighted by Gasteiger charge is 2.15. The van der Waals surface area contributed by atoms with E-state index in [0.717, 1.165) is 12.1 Å². The van der Waals surface area contributed by atoms with Crippen molar-refractivity contribution in [3.63, 3.8) is 0 Å². The normalized spacial score (nSPS) is 11.1. The highest BCUT2D eigenvalue weighted by Crippen LogP contribution is 2.31. The molecule has 0 spiro atoms. The Hall–Kier alpha value is -3.55. The molecule has 0 radical (unpaired) electrons. The number of hydrogen-bond acceptors (Lipinski definition) is 6. The second kappa shape index (κ2) is 6.31. The van der Waals surface area contributed by atoms with Gasteiger partial charge in [-0.1, -0.05) is 0 Å². The van der Waals surface area contributed by atoms with Crippen LogP contribution in [0, 0.1) is 25.5 Å². The van der Waals surface area contributed by atoms with Crippen molar-refractivity contribution in [2.75, 3.05) is 0 Å². The van der Waals surface area contributed by atoms with Gasteiger partial charge in [0.2, 0.25) is 5.89 Å². The monoisotopic (exact) mass is 369 g/mol. The van der Waals surface area contributed by atoms with Crippen molar-refractivity contribution in [3.8, 4) is 29.0 Å². The maximum absolute atomic E-state index is 13.7. The number of phenolic OH excluding ortho intramolecular Hbond substituents is 1. The Bertz CT molecular complexity index is 1150.